The summed E-state index contributed by atoms with van der Waals surface area (Å²) in [6.07, 6.45) is 9.67. The van der Waals surface area contributed by atoms with Gasteiger partial charge in [0.15, 0.2) is 0 Å². The normalized spacial score (nSPS) is 17.0. The van der Waals surface area contributed by atoms with E-state index in [1.165, 1.54) is 18.4 Å². The van der Waals surface area contributed by atoms with E-state index in [0.717, 1.165) is 66.6 Å². The van der Waals surface area contributed by atoms with Crippen molar-refractivity contribution in [1.82, 2.24) is 25.0 Å². The number of pyridine rings is 1. The summed E-state index contributed by atoms with van der Waals surface area (Å²) in [7, 11) is 0. The van der Waals surface area contributed by atoms with E-state index in [2.05, 4.69) is 32.0 Å². The number of nitrogens with zero attached hydrogens (tertiary/aromatic N) is 3. The van der Waals surface area contributed by atoms with E-state index in [-0.39, 0.29) is 18.0 Å². The van der Waals surface area contributed by atoms with Gasteiger partial charge >= 0.3 is 0 Å². The van der Waals surface area contributed by atoms with Crippen LogP contribution in [0.15, 0.2) is 35.3 Å². The third kappa shape index (κ3) is 4.88. The van der Waals surface area contributed by atoms with Crippen LogP contribution in [0.1, 0.15) is 70.9 Å². The van der Waals surface area contributed by atoms with Crippen LogP contribution < -0.4 is 16.6 Å². The highest BCUT2D eigenvalue weighted by Crippen LogP contribution is 2.34. The van der Waals surface area contributed by atoms with Crippen molar-refractivity contribution in [2.45, 2.75) is 58.5 Å². The lowest BCUT2D eigenvalue weighted by Gasteiger charge is -2.26. The first-order valence-corrected chi connectivity index (χ1v) is 13.0. The molecule has 0 atom stereocenters. The molecule has 3 aromatic rings. The molecule has 190 valence electrons. The van der Waals surface area contributed by atoms with Gasteiger partial charge in [0, 0.05) is 49.4 Å². The summed E-state index contributed by atoms with van der Waals surface area (Å²) in [4.78, 5) is 31.2. The number of aromatic nitrogens is 3. The Bertz CT molecular complexity index is 1360. The van der Waals surface area contributed by atoms with Crippen LogP contribution in [-0.4, -0.2) is 51.8 Å². The van der Waals surface area contributed by atoms with E-state index >= 15 is 0 Å². The van der Waals surface area contributed by atoms with E-state index in [1.54, 1.807) is 0 Å². The number of carbonyl (C=O) groups is 1. The van der Waals surface area contributed by atoms with Crippen molar-refractivity contribution < 1.29 is 4.79 Å². The SMILES string of the molecule is Cc1cc(C)c(CNC(=O)c2cc(C3=CCN(CCN)CC3)cc3c2cnn3C2CCCC2)c(=O)[nH]1. The molecule has 5 rings (SSSR count). The van der Waals surface area contributed by atoms with Crippen molar-refractivity contribution in [3.8, 4) is 0 Å². The molecule has 2 aromatic heterocycles. The van der Waals surface area contributed by atoms with Crippen molar-refractivity contribution in [2.24, 2.45) is 5.73 Å². The number of hydrogen-bond donors (Lipinski definition) is 3. The fourth-order valence-corrected chi connectivity index (χ4v) is 5.68. The van der Waals surface area contributed by atoms with E-state index < -0.39 is 0 Å². The Labute approximate surface area is 211 Å². The molecule has 0 saturated heterocycles. The maximum Gasteiger partial charge on any atom is 0.253 e. The second-order valence-electron chi connectivity index (χ2n) is 10.2. The van der Waals surface area contributed by atoms with Crippen molar-refractivity contribution in [2.75, 3.05) is 26.2 Å². The van der Waals surface area contributed by atoms with Gasteiger partial charge in [-0.15, -0.1) is 0 Å². The summed E-state index contributed by atoms with van der Waals surface area (Å²) in [5.41, 5.74) is 11.8. The van der Waals surface area contributed by atoms with Gasteiger partial charge in [-0.3, -0.25) is 19.2 Å². The first-order chi connectivity index (χ1) is 17.4. The molecule has 1 aromatic carbocycles. The van der Waals surface area contributed by atoms with Crippen molar-refractivity contribution in [3.63, 3.8) is 0 Å². The smallest absolute Gasteiger partial charge is 0.253 e. The lowest BCUT2D eigenvalue weighted by Crippen LogP contribution is -2.33. The molecule has 0 bridgehead atoms. The molecular weight excluding hydrogens is 452 g/mol. The first-order valence-electron chi connectivity index (χ1n) is 13.0. The fraction of sp³-hybridized carbons (Fsp3) is 0.464. The monoisotopic (exact) mass is 488 g/mol. The Balaban J connectivity index is 1.50. The summed E-state index contributed by atoms with van der Waals surface area (Å²) in [5.74, 6) is -0.187. The van der Waals surface area contributed by atoms with E-state index in [1.807, 2.05) is 32.2 Å². The standard InChI is InChI=1S/C28H36N6O2/c1-18-13-19(2)32-28(36)24(18)16-30-27(35)23-14-21(20-7-10-33(11-8-20)12-9-29)15-26-25(23)17-31-34(26)22-5-3-4-6-22/h7,13-15,17,22H,3-6,8-12,16,29H2,1-2H3,(H,30,35)(H,32,36). The molecule has 0 radical (unpaired) electrons. The number of amides is 1. The Morgan fingerprint density at radius 3 is 2.72 bits per heavy atom. The van der Waals surface area contributed by atoms with Gasteiger partial charge in [-0.2, -0.15) is 5.10 Å². The van der Waals surface area contributed by atoms with Gasteiger partial charge < -0.3 is 16.0 Å². The minimum absolute atomic E-state index is 0.157. The summed E-state index contributed by atoms with van der Waals surface area (Å²) in [6.45, 7) is 7.31. The van der Waals surface area contributed by atoms with Crippen LogP contribution in [0.3, 0.4) is 0 Å². The van der Waals surface area contributed by atoms with Gasteiger partial charge in [-0.25, -0.2) is 0 Å². The number of H-pyrrole nitrogens is 1. The van der Waals surface area contributed by atoms with Gasteiger partial charge in [0.05, 0.1) is 23.3 Å². The van der Waals surface area contributed by atoms with Crippen molar-refractivity contribution in [1.29, 1.82) is 0 Å². The predicted molar refractivity (Wildman–Crippen MR) is 143 cm³/mol. The van der Waals surface area contributed by atoms with Crippen LogP contribution in [-0.2, 0) is 6.54 Å². The van der Waals surface area contributed by atoms with Gasteiger partial charge in [0.2, 0.25) is 0 Å². The third-order valence-corrected chi connectivity index (χ3v) is 7.66. The maximum atomic E-state index is 13.5. The van der Waals surface area contributed by atoms with E-state index in [0.29, 0.717) is 23.7 Å². The van der Waals surface area contributed by atoms with Crippen LogP contribution in [0.5, 0.6) is 0 Å². The number of carbonyl (C=O) groups excluding carboxylic acids is 1. The Morgan fingerprint density at radius 2 is 2.03 bits per heavy atom. The summed E-state index contributed by atoms with van der Waals surface area (Å²) in [5, 5.41) is 8.60. The molecule has 3 heterocycles. The Morgan fingerprint density at radius 1 is 1.22 bits per heavy atom. The lowest BCUT2D eigenvalue weighted by molar-refractivity contribution is 0.0952. The predicted octanol–water partition coefficient (Wildman–Crippen LogP) is 3.43. The number of rotatable bonds is 7. The average Bonchev–Trinajstić information content (AvgIpc) is 3.53. The third-order valence-electron chi connectivity index (χ3n) is 7.66. The van der Waals surface area contributed by atoms with E-state index in [9.17, 15) is 9.59 Å². The quantitative estimate of drug-likeness (QED) is 0.472. The molecule has 1 aliphatic carbocycles. The number of aryl methyl sites for hydroxylation is 2. The largest absolute Gasteiger partial charge is 0.348 e. The highest BCUT2D eigenvalue weighted by molar-refractivity contribution is 6.07. The number of aromatic amines is 1. The highest BCUT2D eigenvalue weighted by Gasteiger charge is 2.23. The molecule has 0 spiro atoms. The molecule has 1 fully saturated rings. The number of nitrogens with one attached hydrogen (secondary N) is 2. The average molecular weight is 489 g/mol. The highest BCUT2D eigenvalue weighted by atomic mass is 16.1. The van der Waals surface area contributed by atoms with Gasteiger partial charge in [-0.1, -0.05) is 18.9 Å². The first kappa shape index (κ1) is 24.5. The minimum Gasteiger partial charge on any atom is -0.348 e. The topological polar surface area (TPSA) is 109 Å². The van der Waals surface area contributed by atoms with Crippen LogP contribution >= 0.6 is 0 Å². The summed E-state index contributed by atoms with van der Waals surface area (Å²) in [6, 6.07) is 6.51. The second-order valence-corrected chi connectivity index (χ2v) is 10.2. The Hall–Kier alpha value is -3.23. The minimum atomic E-state index is -0.187. The molecule has 8 heteroatoms. The molecule has 36 heavy (non-hydrogen) atoms. The second kappa shape index (κ2) is 10.4. The van der Waals surface area contributed by atoms with Crippen molar-refractivity contribution in [3.05, 3.63) is 68.8 Å². The number of benzene rings is 1. The van der Waals surface area contributed by atoms with Gasteiger partial charge in [-0.05, 0) is 68.0 Å². The van der Waals surface area contributed by atoms with Crippen LogP contribution in [0.2, 0.25) is 0 Å². The number of hydrogen-bond acceptors (Lipinski definition) is 5. The number of nitrogens with two attached hydrogens (primary N) is 1. The summed E-state index contributed by atoms with van der Waals surface area (Å²) < 4.78 is 2.13. The van der Waals surface area contributed by atoms with Gasteiger partial charge in [0.25, 0.3) is 11.5 Å². The van der Waals surface area contributed by atoms with E-state index in [4.69, 9.17) is 10.8 Å². The molecule has 1 saturated carbocycles. The zero-order valence-corrected chi connectivity index (χ0v) is 21.3. The van der Waals surface area contributed by atoms with Crippen molar-refractivity contribution >= 4 is 22.4 Å². The van der Waals surface area contributed by atoms with Crippen LogP contribution in [0.25, 0.3) is 16.5 Å². The molecular formula is C28H36N6O2. The molecule has 2 aliphatic rings. The zero-order chi connectivity index (χ0) is 25.2. The summed E-state index contributed by atoms with van der Waals surface area (Å²) >= 11 is 0. The van der Waals surface area contributed by atoms with Gasteiger partial charge in [0.1, 0.15) is 0 Å². The lowest BCUT2D eigenvalue weighted by atomic mass is 9.95. The molecule has 0 unspecified atom stereocenters. The molecule has 8 nitrogen and oxygen atoms in total. The maximum absolute atomic E-state index is 13.5. The van der Waals surface area contributed by atoms with Crippen LogP contribution in [0, 0.1) is 13.8 Å². The number of fused-ring (bicyclic) bond motifs is 1. The molecule has 1 amide bonds. The molecule has 4 N–H and O–H groups in total. The Kier molecular flexibility index (Phi) is 7.07. The molecule has 1 aliphatic heterocycles. The fourth-order valence-electron chi connectivity index (χ4n) is 5.68. The van der Waals surface area contributed by atoms with Crippen LogP contribution in [0.4, 0.5) is 0 Å². The zero-order valence-electron chi connectivity index (χ0n) is 21.3.